The van der Waals surface area contributed by atoms with E-state index in [1.54, 1.807) is 13.2 Å². The average molecular weight is 249 g/mol. The van der Waals surface area contributed by atoms with Crippen LogP contribution in [0.15, 0.2) is 16.6 Å². The van der Waals surface area contributed by atoms with Crippen LogP contribution in [0.1, 0.15) is 5.56 Å². The lowest BCUT2D eigenvalue weighted by Gasteiger charge is -2.08. The predicted molar refractivity (Wildman–Crippen MR) is 51.4 cm³/mol. The van der Waals surface area contributed by atoms with Gasteiger partial charge in [0.15, 0.2) is 0 Å². The van der Waals surface area contributed by atoms with E-state index in [1.807, 2.05) is 0 Å². The van der Waals surface area contributed by atoms with Crippen LogP contribution < -0.4 is 4.74 Å². The summed E-state index contributed by atoms with van der Waals surface area (Å²) in [6.45, 7) is 0.405. The van der Waals surface area contributed by atoms with E-state index in [9.17, 15) is 4.39 Å². The Balaban J connectivity index is 3.09. The third-order valence-corrected chi connectivity index (χ3v) is 2.23. The standard InChI is InChI=1S/C9H10BrFO2/c1-12-5-6-3-7(10)8(11)4-9(6)13-2/h3-4H,5H2,1-2H3. The van der Waals surface area contributed by atoms with E-state index < -0.39 is 0 Å². The Kier molecular flexibility index (Phi) is 3.69. The lowest BCUT2D eigenvalue weighted by molar-refractivity contribution is 0.181. The van der Waals surface area contributed by atoms with Crippen LogP contribution in [0.4, 0.5) is 4.39 Å². The summed E-state index contributed by atoms with van der Waals surface area (Å²) >= 11 is 3.09. The molecule has 0 atom stereocenters. The highest BCUT2D eigenvalue weighted by atomic mass is 79.9. The quantitative estimate of drug-likeness (QED) is 0.819. The molecule has 0 unspecified atom stereocenters. The second-order valence-electron chi connectivity index (χ2n) is 2.51. The molecule has 4 heteroatoms. The Hall–Kier alpha value is -0.610. The summed E-state index contributed by atoms with van der Waals surface area (Å²) < 4.78 is 23.4. The first-order valence-corrected chi connectivity index (χ1v) is 4.49. The SMILES string of the molecule is COCc1cc(Br)c(F)cc1OC. The van der Waals surface area contributed by atoms with Gasteiger partial charge in [-0.25, -0.2) is 4.39 Å². The number of rotatable bonds is 3. The van der Waals surface area contributed by atoms with Crippen LogP contribution in [0.25, 0.3) is 0 Å². The summed E-state index contributed by atoms with van der Waals surface area (Å²) in [6, 6.07) is 2.98. The lowest BCUT2D eigenvalue weighted by atomic mass is 10.2. The fraction of sp³-hybridized carbons (Fsp3) is 0.333. The lowest BCUT2D eigenvalue weighted by Crippen LogP contribution is -1.95. The van der Waals surface area contributed by atoms with Crippen LogP contribution in [0.3, 0.4) is 0 Å². The summed E-state index contributed by atoms with van der Waals surface area (Å²) in [7, 11) is 3.08. The fourth-order valence-electron chi connectivity index (χ4n) is 1.03. The van der Waals surface area contributed by atoms with E-state index in [4.69, 9.17) is 9.47 Å². The highest BCUT2D eigenvalue weighted by Gasteiger charge is 2.07. The van der Waals surface area contributed by atoms with Gasteiger partial charge < -0.3 is 9.47 Å². The van der Waals surface area contributed by atoms with Gasteiger partial charge >= 0.3 is 0 Å². The minimum Gasteiger partial charge on any atom is -0.496 e. The summed E-state index contributed by atoms with van der Waals surface area (Å²) in [5.74, 6) is 0.166. The summed E-state index contributed by atoms with van der Waals surface area (Å²) in [4.78, 5) is 0. The average Bonchev–Trinajstić information content (AvgIpc) is 2.11. The molecule has 0 amide bonds. The largest absolute Gasteiger partial charge is 0.496 e. The van der Waals surface area contributed by atoms with Crippen molar-refractivity contribution in [3.8, 4) is 5.75 Å². The van der Waals surface area contributed by atoms with Gasteiger partial charge in [-0.3, -0.25) is 0 Å². The molecule has 13 heavy (non-hydrogen) atoms. The van der Waals surface area contributed by atoms with Gasteiger partial charge in [-0.15, -0.1) is 0 Å². The van der Waals surface area contributed by atoms with E-state index in [-0.39, 0.29) is 5.82 Å². The van der Waals surface area contributed by atoms with Crippen LogP contribution in [0, 0.1) is 5.82 Å². The predicted octanol–water partition coefficient (Wildman–Crippen LogP) is 2.74. The van der Waals surface area contributed by atoms with Crippen molar-refractivity contribution in [2.45, 2.75) is 6.61 Å². The maximum Gasteiger partial charge on any atom is 0.141 e. The third-order valence-electron chi connectivity index (χ3n) is 1.62. The zero-order chi connectivity index (χ0) is 9.84. The molecular formula is C9H10BrFO2. The second-order valence-corrected chi connectivity index (χ2v) is 3.37. The molecule has 0 radical (unpaired) electrons. The number of methoxy groups -OCH3 is 2. The normalized spacial score (nSPS) is 10.2. The van der Waals surface area contributed by atoms with E-state index in [0.29, 0.717) is 16.8 Å². The molecule has 0 spiro atoms. The van der Waals surface area contributed by atoms with E-state index in [2.05, 4.69) is 15.9 Å². The van der Waals surface area contributed by atoms with Crippen molar-refractivity contribution >= 4 is 15.9 Å². The minimum atomic E-state index is -0.336. The highest BCUT2D eigenvalue weighted by molar-refractivity contribution is 9.10. The Morgan fingerprint density at radius 3 is 2.62 bits per heavy atom. The molecule has 72 valence electrons. The van der Waals surface area contributed by atoms with Gasteiger partial charge in [-0.1, -0.05) is 0 Å². The van der Waals surface area contributed by atoms with Gasteiger partial charge in [-0.05, 0) is 22.0 Å². The molecule has 0 aliphatic heterocycles. The number of benzene rings is 1. The molecule has 0 bridgehead atoms. The minimum absolute atomic E-state index is 0.336. The molecule has 2 nitrogen and oxygen atoms in total. The first-order valence-electron chi connectivity index (χ1n) is 3.70. The van der Waals surface area contributed by atoms with Crippen molar-refractivity contribution in [2.75, 3.05) is 14.2 Å². The monoisotopic (exact) mass is 248 g/mol. The zero-order valence-electron chi connectivity index (χ0n) is 7.43. The van der Waals surface area contributed by atoms with Gasteiger partial charge in [-0.2, -0.15) is 0 Å². The molecule has 1 aromatic rings. The molecule has 1 rings (SSSR count). The molecular weight excluding hydrogens is 239 g/mol. The Labute approximate surface area is 84.8 Å². The van der Waals surface area contributed by atoms with Gasteiger partial charge in [0.05, 0.1) is 18.2 Å². The maximum absolute atomic E-state index is 13.0. The Morgan fingerprint density at radius 2 is 2.08 bits per heavy atom. The van der Waals surface area contributed by atoms with Crippen molar-refractivity contribution in [3.63, 3.8) is 0 Å². The first-order chi connectivity index (χ1) is 6.19. The van der Waals surface area contributed by atoms with Crippen LogP contribution >= 0.6 is 15.9 Å². The Morgan fingerprint density at radius 1 is 1.38 bits per heavy atom. The maximum atomic E-state index is 13.0. The highest BCUT2D eigenvalue weighted by Crippen LogP contribution is 2.26. The summed E-state index contributed by atoms with van der Waals surface area (Å²) in [6.07, 6.45) is 0. The van der Waals surface area contributed by atoms with E-state index in [0.717, 1.165) is 5.56 Å². The van der Waals surface area contributed by atoms with Crippen LogP contribution in [-0.4, -0.2) is 14.2 Å². The van der Waals surface area contributed by atoms with Crippen LogP contribution in [0.2, 0.25) is 0 Å². The first kappa shape index (κ1) is 10.5. The van der Waals surface area contributed by atoms with Crippen molar-refractivity contribution in [2.24, 2.45) is 0 Å². The fourth-order valence-corrected chi connectivity index (χ4v) is 1.42. The molecule has 0 saturated carbocycles. The summed E-state index contributed by atoms with van der Waals surface area (Å²) in [5, 5.41) is 0. The van der Waals surface area contributed by atoms with Gasteiger partial charge in [0.25, 0.3) is 0 Å². The number of hydrogen-bond donors (Lipinski definition) is 0. The second kappa shape index (κ2) is 4.58. The van der Waals surface area contributed by atoms with E-state index >= 15 is 0 Å². The van der Waals surface area contributed by atoms with Gasteiger partial charge in [0, 0.05) is 18.7 Å². The molecule has 0 heterocycles. The number of ether oxygens (including phenoxy) is 2. The van der Waals surface area contributed by atoms with Crippen molar-refractivity contribution in [1.82, 2.24) is 0 Å². The van der Waals surface area contributed by atoms with Crippen LogP contribution in [0.5, 0.6) is 5.75 Å². The Bertz CT molecular complexity index is 302. The molecule has 0 fully saturated rings. The molecule has 0 aliphatic carbocycles. The van der Waals surface area contributed by atoms with Crippen molar-refractivity contribution in [1.29, 1.82) is 0 Å². The summed E-state index contributed by atoms with van der Waals surface area (Å²) in [5.41, 5.74) is 0.818. The molecule has 1 aromatic carbocycles. The van der Waals surface area contributed by atoms with Crippen molar-refractivity contribution in [3.05, 3.63) is 28.0 Å². The van der Waals surface area contributed by atoms with E-state index in [1.165, 1.54) is 13.2 Å². The smallest absolute Gasteiger partial charge is 0.141 e. The molecule has 0 N–H and O–H groups in total. The van der Waals surface area contributed by atoms with Crippen LogP contribution in [-0.2, 0) is 11.3 Å². The molecule has 0 aromatic heterocycles. The zero-order valence-corrected chi connectivity index (χ0v) is 9.02. The van der Waals surface area contributed by atoms with Gasteiger partial charge in [0.2, 0.25) is 0 Å². The molecule has 0 aliphatic rings. The number of halogens is 2. The van der Waals surface area contributed by atoms with Crippen molar-refractivity contribution < 1.29 is 13.9 Å². The third kappa shape index (κ3) is 2.42. The molecule has 0 saturated heterocycles. The topological polar surface area (TPSA) is 18.5 Å². The van der Waals surface area contributed by atoms with Gasteiger partial charge in [0.1, 0.15) is 11.6 Å². The number of hydrogen-bond acceptors (Lipinski definition) is 2.